The van der Waals surface area contributed by atoms with Crippen molar-refractivity contribution in [2.45, 2.75) is 57.8 Å². The number of cyclic esters (lactones) is 1. The first-order chi connectivity index (χ1) is 15.5. The van der Waals surface area contributed by atoms with Crippen LogP contribution >= 0.6 is 0 Å². The van der Waals surface area contributed by atoms with Gasteiger partial charge in [-0.25, -0.2) is 4.79 Å². The third kappa shape index (κ3) is 5.58. The molecule has 6 nitrogen and oxygen atoms in total. The monoisotopic (exact) mass is 494 g/mol. The molecule has 3 rings (SSSR count). The standard InChI is InChI=1S/C22H24F6N2O4/c1-11-16(18(31)34-20(2,3)4)17(22(26,27)28)14(29-11)9-30-10-15(33-19(30)32)12-5-7-13(8-6-12)21(23,24)25/h5-8,11,15-16,29H,9-10H2,1-4H3. The van der Waals surface area contributed by atoms with E-state index in [0.29, 0.717) is 0 Å². The van der Waals surface area contributed by atoms with Gasteiger partial charge in [-0.2, -0.15) is 26.3 Å². The summed E-state index contributed by atoms with van der Waals surface area (Å²) in [6.45, 7) is 5.33. The van der Waals surface area contributed by atoms with Crippen LogP contribution in [0.1, 0.15) is 44.9 Å². The van der Waals surface area contributed by atoms with Crippen LogP contribution in [0.4, 0.5) is 31.1 Å². The molecule has 3 atom stereocenters. The molecule has 0 spiro atoms. The summed E-state index contributed by atoms with van der Waals surface area (Å²) in [7, 11) is 0. The number of ether oxygens (including phenoxy) is 2. The Morgan fingerprint density at radius 1 is 1.09 bits per heavy atom. The van der Waals surface area contributed by atoms with Crippen LogP contribution in [0.5, 0.6) is 0 Å². The van der Waals surface area contributed by atoms with Crippen LogP contribution in [0.2, 0.25) is 0 Å². The van der Waals surface area contributed by atoms with Crippen LogP contribution < -0.4 is 5.32 Å². The first kappa shape index (κ1) is 25.7. The topological polar surface area (TPSA) is 67.9 Å². The van der Waals surface area contributed by atoms with E-state index in [9.17, 15) is 35.9 Å². The van der Waals surface area contributed by atoms with Crippen LogP contribution in [0, 0.1) is 5.92 Å². The largest absolute Gasteiger partial charge is 0.459 e. The van der Waals surface area contributed by atoms with Crippen molar-refractivity contribution < 1.29 is 45.4 Å². The number of benzene rings is 1. The Morgan fingerprint density at radius 3 is 2.18 bits per heavy atom. The van der Waals surface area contributed by atoms with Crippen LogP contribution in [0.3, 0.4) is 0 Å². The van der Waals surface area contributed by atoms with Gasteiger partial charge in [0.2, 0.25) is 0 Å². The maximum atomic E-state index is 13.9. The Kier molecular flexibility index (Phi) is 6.57. The minimum absolute atomic E-state index is 0.175. The van der Waals surface area contributed by atoms with E-state index in [1.54, 1.807) is 0 Å². The van der Waals surface area contributed by atoms with Gasteiger partial charge in [-0.05, 0) is 45.4 Å². The lowest BCUT2D eigenvalue weighted by molar-refractivity contribution is -0.163. The van der Waals surface area contributed by atoms with Crippen molar-refractivity contribution in [3.05, 3.63) is 46.7 Å². The first-order valence-corrected chi connectivity index (χ1v) is 10.4. The van der Waals surface area contributed by atoms with E-state index >= 15 is 0 Å². The van der Waals surface area contributed by atoms with E-state index in [-0.39, 0.29) is 17.8 Å². The Morgan fingerprint density at radius 2 is 1.68 bits per heavy atom. The van der Waals surface area contributed by atoms with E-state index in [1.165, 1.54) is 27.7 Å². The maximum absolute atomic E-state index is 13.9. The second-order valence-electron chi connectivity index (χ2n) is 9.21. The molecule has 2 heterocycles. The Hall–Kier alpha value is -2.92. The molecule has 188 valence electrons. The highest BCUT2D eigenvalue weighted by atomic mass is 19.4. The van der Waals surface area contributed by atoms with Gasteiger partial charge in [0.1, 0.15) is 17.6 Å². The molecule has 1 aromatic rings. The van der Waals surface area contributed by atoms with Gasteiger partial charge in [-0.3, -0.25) is 9.69 Å². The lowest BCUT2D eigenvalue weighted by Crippen LogP contribution is -2.38. The molecule has 0 saturated carbocycles. The summed E-state index contributed by atoms with van der Waals surface area (Å²) in [5.41, 5.74) is -3.09. The molecule has 0 aromatic heterocycles. The number of nitrogens with one attached hydrogen (secondary N) is 1. The number of nitrogens with zero attached hydrogens (tertiary/aromatic N) is 1. The van der Waals surface area contributed by atoms with Crippen molar-refractivity contribution in [1.29, 1.82) is 0 Å². The van der Waals surface area contributed by atoms with Crippen molar-refractivity contribution in [2.24, 2.45) is 5.92 Å². The second-order valence-corrected chi connectivity index (χ2v) is 9.21. The summed E-state index contributed by atoms with van der Waals surface area (Å²) < 4.78 is 90.4. The first-order valence-electron chi connectivity index (χ1n) is 10.4. The number of rotatable bonds is 4. The predicted molar refractivity (Wildman–Crippen MR) is 107 cm³/mol. The lowest BCUT2D eigenvalue weighted by atomic mass is 9.94. The van der Waals surface area contributed by atoms with Gasteiger partial charge in [0.15, 0.2) is 0 Å². The molecule has 12 heteroatoms. The minimum atomic E-state index is -4.87. The van der Waals surface area contributed by atoms with Gasteiger partial charge in [0.05, 0.1) is 24.2 Å². The highest BCUT2D eigenvalue weighted by molar-refractivity contribution is 5.79. The SMILES string of the molecule is CC1NC(CN2CC(c3ccc(C(F)(F)F)cc3)OC2=O)=C(C(F)(F)F)C1C(=O)OC(C)(C)C. The molecule has 1 fully saturated rings. The molecule has 2 aliphatic heterocycles. The van der Waals surface area contributed by atoms with Crippen LogP contribution in [-0.4, -0.2) is 47.9 Å². The smallest absolute Gasteiger partial charge is 0.416 e. The summed E-state index contributed by atoms with van der Waals surface area (Å²) in [4.78, 5) is 25.8. The highest BCUT2D eigenvalue weighted by Gasteiger charge is 2.52. The highest BCUT2D eigenvalue weighted by Crippen LogP contribution is 2.41. The Labute approximate surface area is 191 Å². The molecular weight excluding hydrogens is 470 g/mol. The molecule has 0 bridgehead atoms. The number of hydrogen-bond acceptors (Lipinski definition) is 5. The van der Waals surface area contributed by atoms with Gasteiger partial charge in [0, 0.05) is 11.7 Å². The van der Waals surface area contributed by atoms with Crippen LogP contribution in [0.25, 0.3) is 0 Å². The summed E-state index contributed by atoms with van der Waals surface area (Å²) >= 11 is 0. The number of hydrogen-bond donors (Lipinski definition) is 1. The average molecular weight is 494 g/mol. The van der Waals surface area contributed by atoms with Gasteiger partial charge in [-0.1, -0.05) is 12.1 Å². The average Bonchev–Trinajstić information content (AvgIpc) is 3.19. The zero-order valence-corrected chi connectivity index (χ0v) is 18.8. The molecule has 0 aliphatic carbocycles. The normalized spacial score (nSPS) is 23.8. The molecule has 3 unspecified atom stereocenters. The number of alkyl halides is 6. The van der Waals surface area contributed by atoms with Crippen molar-refractivity contribution in [3.63, 3.8) is 0 Å². The number of esters is 1. The molecule has 1 aromatic carbocycles. The number of halogens is 6. The summed E-state index contributed by atoms with van der Waals surface area (Å²) in [6, 6.07) is 3.03. The van der Waals surface area contributed by atoms with E-state index in [2.05, 4.69) is 5.32 Å². The maximum Gasteiger partial charge on any atom is 0.416 e. The lowest BCUT2D eigenvalue weighted by Gasteiger charge is -2.25. The summed E-state index contributed by atoms with van der Waals surface area (Å²) in [5, 5.41) is 2.64. The second kappa shape index (κ2) is 8.70. The van der Waals surface area contributed by atoms with E-state index in [1.807, 2.05) is 0 Å². The number of carbonyl (C=O) groups excluding carboxylic acids is 2. The van der Waals surface area contributed by atoms with Crippen molar-refractivity contribution in [3.8, 4) is 0 Å². The molecule has 0 radical (unpaired) electrons. The molecule has 34 heavy (non-hydrogen) atoms. The van der Waals surface area contributed by atoms with Gasteiger partial charge in [-0.15, -0.1) is 0 Å². The molecule has 2 aliphatic rings. The van der Waals surface area contributed by atoms with Crippen molar-refractivity contribution in [2.75, 3.05) is 13.1 Å². The Bertz CT molecular complexity index is 979. The third-order valence-electron chi connectivity index (χ3n) is 5.35. The van der Waals surface area contributed by atoms with E-state index in [0.717, 1.165) is 29.2 Å². The van der Waals surface area contributed by atoms with Crippen molar-refractivity contribution >= 4 is 12.1 Å². The molecule has 1 amide bonds. The zero-order chi connectivity index (χ0) is 25.6. The predicted octanol–water partition coefficient (Wildman–Crippen LogP) is 4.96. The third-order valence-corrected chi connectivity index (χ3v) is 5.35. The molecule has 1 saturated heterocycles. The van der Waals surface area contributed by atoms with Crippen LogP contribution in [-0.2, 0) is 20.4 Å². The quantitative estimate of drug-likeness (QED) is 0.473. The van der Waals surface area contributed by atoms with Crippen molar-refractivity contribution in [1.82, 2.24) is 10.2 Å². The fraction of sp³-hybridized carbons (Fsp3) is 0.545. The number of carbonyl (C=O) groups is 2. The van der Waals surface area contributed by atoms with Gasteiger partial charge < -0.3 is 14.8 Å². The fourth-order valence-electron chi connectivity index (χ4n) is 3.93. The van der Waals surface area contributed by atoms with E-state index < -0.39 is 65.8 Å². The molecule has 1 N–H and O–H groups in total. The van der Waals surface area contributed by atoms with Gasteiger partial charge in [0.25, 0.3) is 0 Å². The summed E-state index contributed by atoms with van der Waals surface area (Å²) in [6.07, 6.45) is -11.3. The fourth-order valence-corrected chi connectivity index (χ4v) is 3.93. The van der Waals surface area contributed by atoms with Crippen LogP contribution in [0.15, 0.2) is 35.5 Å². The van der Waals surface area contributed by atoms with Gasteiger partial charge >= 0.3 is 24.4 Å². The van der Waals surface area contributed by atoms with E-state index in [4.69, 9.17) is 9.47 Å². The zero-order valence-electron chi connectivity index (χ0n) is 18.8. The molecular formula is C22H24F6N2O4. The number of amides is 1. The Balaban J connectivity index is 1.82. The summed E-state index contributed by atoms with van der Waals surface area (Å²) in [5.74, 6) is -2.67. The minimum Gasteiger partial charge on any atom is -0.459 e.